The third-order valence-corrected chi connectivity index (χ3v) is 5.69. The number of nitrogens with zero attached hydrogens (tertiary/aromatic N) is 2. The Morgan fingerprint density at radius 3 is 2.52 bits per heavy atom. The molecule has 138 valence electrons. The Balaban J connectivity index is 1.76. The van der Waals surface area contributed by atoms with Crippen LogP contribution in [-0.2, 0) is 11.3 Å². The Hall–Kier alpha value is -2.66. The predicted octanol–water partition coefficient (Wildman–Crippen LogP) is 5.05. The highest BCUT2D eigenvalue weighted by Gasteiger charge is 2.32. The first-order valence-corrected chi connectivity index (χ1v) is 9.86. The number of rotatable bonds is 3. The molecule has 0 saturated heterocycles. The van der Waals surface area contributed by atoms with E-state index >= 15 is 0 Å². The van der Waals surface area contributed by atoms with Gasteiger partial charge in [0.1, 0.15) is 5.75 Å². The third kappa shape index (κ3) is 3.35. The minimum Gasteiger partial charge on any atom is -0.479 e. The van der Waals surface area contributed by atoms with Gasteiger partial charge in [-0.05, 0) is 51.5 Å². The van der Waals surface area contributed by atoms with Crippen LogP contribution in [0.1, 0.15) is 27.9 Å². The van der Waals surface area contributed by atoms with Crippen LogP contribution in [0.4, 0.5) is 5.69 Å². The van der Waals surface area contributed by atoms with E-state index in [1.807, 2.05) is 30.0 Å². The smallest absolute Gasteiger partial charge is 0.268 e. The summed E-state index contributed by atoms with van der Waals surface area (Å²) in [7, 11) is 0. The molecule has 0 bridgehead atoms. The van der Waals surface area contributed by atoms with E-state index in [1.165, 1.54) is 10.4 Å². The second kappa shape index (κ2) is 6.82. The quantitative estimate of drug-likeness (QED) is 0.640. The first-order valence-electron chi connectivity index (χ1n) is 9.04. The van der Waals surface area contributed by atoms with E-state index in [0.717, 1.165) is 33.3 Å². The van der Waals surface area contributed by atoms with E-state index in [-0.39, 0.29) is 5.91 Å². The summed E-state index contributed by atoms with van der Waals surface area (Å²) in [4.78, 5) is 20.5. The van der Waals surface area contributed by atoms with Gasteiger partial charge < -0.3 is 9.64 Å². The highest BCUT2D eigenvalue weighted by Crippen LogP contribution is 2.39. The van der Waals surface area contributed by atoms with Crippen LogP contribution in [0.5, 0.6) is 5.75 Å². The molecule has 1 aromatic heterocycles. The van der Waals surface area contributed by atoms with Crippen molar-refractivity contribution >= 4 is 22.9 Å². The molecule has 4 nitrogen and oxygen atoms in total. The average molecular weight is 378 g/mol. The van der Waals surface area contributed by atoms with Gasteiger partial charge in [0.25, 0.3) is 5.91 Å². The summed E-state index contributed by atoms with van der Waals surface area (Å²) < 4.78 is 5.85. The Kier molecular flexibility index (Phi) is 4.48. The van der Waals surface area contributed by atoms with Gasteiger partial charge in [-0.2, -0.15) is 0 Å². The largest absolute Gasteiger partial charge is 0.479 e. The summed E-state index contributed by atoms with van der Waals surface area (Å²) in [5.74, 6) is 0.717. The van der Waals surface area contributed by atoms with E-state index in [9.17, 15) is 4.79 Å². The number of anilines is 1. The van der Waals surface area contributed by atoms with Gasteiger partial charge >= 0.3 is 0 Å². The molecular formula is C22H22N2O2S. The summed E-state index contributed by atoms with van der Waals surface area (Å²) in [5.41, 5.74) is 5.09. The molecule has 1 aliphatic rings. The number of fused-ring (bicyclic) bond motifs is 1. The SMILES string of the molecule is Cc1ccc(CN2C(=O)C(C)Oc3ccc(-c4nc(C)sc4C)cc32)cc1. The van der Waals surface area contributed by atoms with Crippen LogP contribution >= 0.6 is 11.3 Å². The van der Waals surface area contributed by atoms with Crippen molar-refractivity contribution in [1.29, 1.82) is 0 Å². The standard InChI is InChI=1S/C22H22N2O2S/c1-13-5-7-17(8-6-13)12-24-19-11-18(21-15(3)27-16(4)23-21)9-10-20(19)26-14(2)22(24)25/h5-11,14H,12H2,1-4H3. The lowest BCUT2D eigenvalue weighted by Gasteiger charge is -2.33. The van der Waals surface area contributed by atoms with Gasteiger partial charge in [0.15, 0.2) is 6.10 Å². The van der Waals surface area contributed by atoms with Gasteiger partial charge in [0.2, 0.25) is 0 Å². The number of carbonyl (C=O) groups excluding carboxylic acids is 1. The zero-order valence-corrected chi connectivity index (χ0v) is 16.8. The molecule has 1 atom stereocenters. The summed E-state index contributed by atoms with van der Waals surface area (Å²) in [6.07, 6.45) is -0.489. The van der Waals surface area contributed by atoms with Crippen molar-refractivity contribution in [3.8, 4) is 17.0 Å². The molecule has 0 fully saturated rings. The number of hydrogen-bond donors (Lipinski definition) is 0. The highest BCUT2D eigenvalue weighted by molar-refractivity contribution is 7.11. The van der Waals surface area contributed by atoms with Crippen molar-refractivity contribution in [2.45, 2.75) is 40.3 Å². The van der Waals surface area contributed by atoms with Gasteiger partial charge in [-0.25, -0.2) is 4.98 Å². The van der Waals surface area contributed by atoms with Crippen LogP contribution in [0, 0.1) is 20.8 Å². The number of hydrogen-bond acceptors (Lipinski definition) is 4. The molecular weight excluding hydrogens is 356 g/mol. The number of carbonyl (C=O) groups is 1. The van der Waals surface area contributed by atoms with Crippen LogP contribution < -0.4 is 9.64 Å². The van der Waals surface area contributed by atoms with E-state index < -0.39 is 6.10 Å². The second-order valence-corrected chi connectivity index (χ2v) is 8.40. The van der Waals surface area contributed by atoms with Crippen molar-refractivity contribution in [3.63, 3.8) is 0 Å². The third-order valence-electron chi connectivity index (χ3n) is 4.81. The fourth-order valence-corrected chi connectivity index (χ4v) is 4.23. The fraction of sp³-hybridized carbons (Fsp3) is 0.273. The van der Waals surface area contributed by atoms with Gasteiger partial charge in [-0.3, -0.25) is 4.79 Å². The summed E-state index contributed by atoms with van der Waals surface area (Å²) in [5, 5.41) is 1.04. The lowest BCUT2D eigenvalue weighted by atomic mass is 10.1. The number of thiazole rings is 1. The summed E-state index contributed by atoms with van der Waals surface area (Å²) in [6.45, 7) is 8.48. The van der Waals surface area contributed by atoms with Crippen LogP contribution in [-0.4, -0.2) is 17.0 Å². The van der Waals surface area contributed by atoms with E-state index in [2.05, 4.69) is 43.1 Å². The molecule has 0 radical (unpaired) electrons. The van der Waals surface area contributed by atoms with Crippen molar-refractivity contribution in [2.24, 2.45) is 0 Å². The Morgan fingerprint density at radius 2 is 1.85 bits per heavy atom. The number of aromatic nitrogens is 1. The van der Waals surface area contributed by atoms with Crippen LogP contribution in [0.3, 0.4) is 0 Å². The molecule has 1 aliphatic heterocycles. The molecule has 1 unspecified atom stereocenters. The second-order valence-electron chi connectivity index (χ2n) is 6.99. The number of ether oxygens (including phenoxy) is 1. The zero-order chi connectivity index (χ0) is 19.1. The van der Waals surface area contributed by atoms with Crippen molar-refractivity contribution in [2.75, 3.05) is 4.90 Å². The maximum Gasteiger partial charge on any atom is 0.268 e. The molecule has 4 rings (SSSR count). The van der Waals surface area contributed by atoms with Gasteiger partial charge in [-0.15, -0.1) is 11.3 Å². The fourth-order valence-electron chi connectivity index (χ4n) is 3.39. The Bertz CT molecular complexity index is 1010. The number of benzene rings is 2. The molecule has 1 amide bonds. The van der Waals surface area contributed by atoms with Gasteiger partial charge in [0, 0.05) is 10.4 Å². The predicted molar refractivity (Wildman–Crippen MR) is 109 cm³/mol. The van der Waals surface area contributed by atoms with Gasteiger partial charge in [0.05, 0.1) is 22.9 Å². The Labute approximate surface area is 163 Å². The molecule has 0 aliphatic carbocycles. The molecule has 0 saturated carbocycles. The lowest BCUT2D eigenvalue weighted by molar-refractivity contribution is -0.125. The van der Waals surface area contributed by atoms with Crippen molar-refractivity contribution in [1.82, 2.24) is 4.98 Å². The lowest BCUT2D eigenvalue weighted by Crippen LogP contribution is -2.44. The molecule has 0 N–H and O–H groups in total. The average Bonchev–Trinajstić information content (AvgIpc) is 2.98. The molecule has 5 heteroatoms. The van der Waals surface area contributed by atoms with Crippen LogP contribution in [0.25, 0.3) is 11.3 Å². The van der Waals surface area contributed by atoms with E-state index in [1.54, 1.807) is 18.3 Å². The van der Waals surface area contributed by atoms with Crippen molar-refractivity contribution < 1.29 is 9.53 Å². The molecule has 3 aromatic rings. The highest BCUT2D eigenvalue weighted by atomic mass is 32.1. The summed E-state index contributed by atoms with van der Waals surface area (Å²) in [6, 6.07) is 14.3. The first kappa shape index (κ1) is 17.7. The number of aryl methyl sites for hydroxylation is 3. The number of amides is 1. The minimum atomic E-state index is -0.489. The van der Waals surface area contributed by atoms with E-state index in [0.29, 0.717) is 6.54 Å². The Morgan fingerprint density at radius 1 is 1.11 bits per heavy atom. The van der Waals surface area contributed by atoms with Crippen molar-refractivity contribution in [3.05, 3.63) is 63.5 Å². The van der Waals surface area contributed by atoms with Gasteiger partial charge in [-0.1, -0.05) is 29.8 Å². The topological polar surface area (TPSA) is 42.4 Å². The normalized spacial score (nSPS) is 16.2. The van der Waals surface area contributed by atoms with Crippen LogP contribution in [0.2, 0.25) is 0 Å². The first-order chi connectivity index (χ1) is 12.9. The maximum atomic E-state index is 12.9. The molecule has 2 aromatic carbocycles. The zero-order valence-electron chi connectivity index (χ0n) is 15.9. The molecule has 27 heavy (non-hydrogen) atoms. The summed E-state index contributed by atoms with van der Waals surface area (Å²) >= 11 is 1.68. The van der Waals surface area contributed by atoms with Crippen LogP contribution in [0.15, 0.2) is 42.5 Å². The van der Waals surface area contributed by atoms with E-state index in [4.69, 9.17) is 4.74 Å². The molecule has 0 spiro atoms. The monoisotopic (exact) mass is 378 g/mol. The molecule has 2 heterocycles. The minimum absolute atomic E-state index is 0.0218. The maximum absolute atomic E-state index is 12.9.